The summed E-state index contributed by atoms with van der Waals surface area (Å²) in [7, 11) is -4.99. The summed E-state index contributed by atoms with van der Waals surface area (Å²) >= 11 is 0. The summed E-state index contributed by atoms with van der Waals surface area (Å²) in [4.78, 5) is 7.49. The molecule has 0 aliphatic heterocycles. The van der Waals surface area contributed by atoms with Crippen LogP contribution in [0, 0.1) is 0 Å². The van der Waals surface area contributed by atoms with Crippen LogP contribution in [0.4, 0.5) is 9.05 Å². The first-order chi connectivity index (χ1) is 3.12. The summed E-state index contributed by atoms with van der Waals surface area (Å²) in [6.45, 7) is 0. The van der Waals surface area contributed by atoms with E-state index in [0.29, 0.717) is 0 Å². The van der Waals surface area contributed by atoms with Crippen LogP contribution in [-0.2, 0) is 14.0 Å². The van der Waals surface area contributed by atoms with Crippen LogP contribution in [0.5, 0.6) is 0 Å². The van der Waals surface area contributed by atoms with Crippen molar-refractivity contribution >= 4 is 37.4 Å². The van der Waals surface area contributed by atoms with E-state index < -0.39 is 7.82 Å². The Hall–Kier alpha value is 0.970. The van der Waals surface area contributed by atoms with E-state index in [1.807, 2.05) is 0 Å². The van der Waals surface area contributed by atoms with Crippen LogP contribution in [0.1, 0.15) is 0 Å². The van der Waals surface area contributed by atoms with E-state index in [2.05, 4.69) is 9.46 Å². The Balaban J connectivity index is 0. The average Bonchev–Trinajstić information content (AvgIpc) is 1.68. The normalized spacial score (nSPS) is 10.4. The second-order valence-corrected chi connectivity index (χ2v) is 1.82. The van der Waals surface area contributed by atoms with Crippen molar-refractivity contribution in [3.8, 4) is 0 Å². The van der Waals surface area contributed by atoms with Gasteiger partial charge in [0.05, 0.1) is 0 Å². The van der Waals surface area contributed by atoms with Gasteiger partial charge in [-0.05, 0) is 9.05 Å². The van der Waals surface area contributed by atoms with E-state index >= 15 is 0 Å². The summed E-state index contributed by atoms with van der Waals surface area (Å²) in [5, 5.41) is 0. The zero-order valence-corrected chi connectivity index (χ0v) is 3.77. The van der Waals surface area contributed by atoms with Crippen molar-refractivity contribution < 1.29 is 28.0 Å². The van der Waals surface area contributed by atoms with Gasteiger partial charge in [-0.25, -0.2) is 4.57 Å². The van der Waals surface area contributed by atoms with Crippen LogP contribution < -0.4 is 0 Å². The molecule has 8 heavy (non-hydrogen) atoms. The van der Waals surface area contributed by atoms with Crippen LogP contribution in [-0.4, -0.2) is 34.5 Å². The van der Waals surface area contributed by atoms with Crippen molar-refractivity contribution in [2.75, 3.05) is 0 Å². The Morgan fingerprint density at radius 2 is 1.62 bits per heavy atom. The van der Waals surface area contributed by atoms with Gasteiger partial charge in [0, 0.05) is 0 Å². The van der Waals surface area contributed by atoms with Gasteiger partial charge in [0.15, 0.2) is 0 Å². The Kier molecular flexibility index (Phi) is 7.05. The first kappa shape index (κ1) is 11.7. The maximum absolute atomic E-state index is 10.4. The van der Waals surface area contributed by atoms with Crippen molar-refractivity contribution in [3.05, 3.63) is 0 Å². The zero-order chi connectivity index (χ0) is 5.91. The van der Waals surface area contributed by atoms with Gasteiger partial charge in [-0.15, -0.1) is 0 Å². The Morgan fingerprint density at radius 1 is 1.38 bits per heavy atom. The molecular formula is H2F2NaO4P. The van der Waals surface area contributed by atoms with Gasteiger partial charge in [-0.2, -0.15) is 0 Å². The monoisotopic (exact) mass is 158 g/mol. The number of phosphoric acid groups is 1. The van der Waals surface area contributed by atoms with Crippen molar-refractivity contribution in [2.45, 2.75) is 0 Å². The minimum atomic E-state index is -4.99. The van der Waals surface area contributed by atoms with Gasteiger partial charge in [0.2, 0.25) is 0 Å². The van der Waals surface area contributed by atoms with Gasteiger partial charge in [-0.1, -0.05) is 9.46 Å². The second kappa shape index (κ2) is 4.81. The summed E-state index contributed by atoms with van der Waals surface area (Å²) in [5.74, 6) is 0. The summed E-state index contributed by atoms with van der Waals surface area (Å²) in [6, 6.07) is 0. The molecule has 0 rings (SSSR count). The molecule has 8 heteroatoms. The van der Waals surface area contributed by atoms with E-state index in [4.69, 9.17) is 4.89 Å². The SMILES string of the molecule is O=P(O)(OF)OF.[NaH]. The van der Waals surface area contributed by atoms with E-state index in [1.54, 1.807) is 0 Å². The molecule has 0 amide bonds. The Labute approximate surface area is 65.5 Å². The van der Waals surface area contributed by atoms with Gasteiger partial charge in [-0.3, -0.25) is 4.89 Å². The molecule has 0 aromatic rings. The van der Waals surface area contributed by atoms with E-state index in [1.165, 1.54) is 0 Å². The minimum absolute atomic E-state index is 0. The summed E-state index contributed by atoms with van der Waals surface area (Å²) in [6.07, 6.45) is 0. The summed E-state index contributed by atoms with van der Waals surface area (Å²) in [5.41, 5.74) is 0. The predicted octanol–water partition coefficient (Wildman–Crippen LogP) is 0.240. The molecule has 0 bridgehead atoms. The van der Waals surface area contributed by atoms with E-state index in [0.717, 1.165) is 0 Å². The fourth-order valence-corrected chi connectivity index (χ4v) is 0.0319. The van der Waals surface area contributed by atoms with E-state index in [9.17, 15) is 13.6 Å². The van der Waals surface area contributed by atoms with Gasteiger partial charge in [0.25, 0.3) is 0 Å². The molecular weight excluding hydrogens is 156 g/mol. The average molecular weight is 158 g/mol. The first-order valence-electron chi connectivity index (χ1n) is 1.06. The molecule has 0 aromatic carbocycles. The molecule has 0 atom stereocenters. The Bertz CT molecular complexity index is 86.0. The van der Waals surface area contributed by atoms with E-state index in [-0.39, 0.29) is 29.6 Å². The molecule has 46 valence electrons. The van der Waals surface area contributed by atoms with Crippen LogP contribution in [0.3, 0.4) is 0 Å². The third-order valence-corrected chi connectivity index (χ3v) is 0.523. The molecule has 1 N–H and O–H groups in total. The van der Waals surface area contributed by atoms with Crippen molar-refractivity contribution in [1.82, 2.24) is 0 Å². The van der Waals surface area contributed by atoms with Crippen molar-refractivity contribution in [3.63, 3.8) is 0 Å². The number of halogens is 2. The fraction of sp³-hybridized carbons (Fsp3) is 0. The molecule has 4 nitrogen and oxygen atoms in total. The van der Waals surface area contributed by atoms with Gasteiger partial charge < -0.3 is 0 Å². The molecule has 0 aromatic heterocycles. The molecule has 0 saturated carbocycles. The molecule has 0 unspecified atom stereocenters. The van der Waals surface area contributed by atoms with Crippen LogP contribution in [0.15, 0.2) is 0 Å². The third-order valence-electron chi connectivity index (χ3n) is 0.174. The van der Waals surface area contributed by atoms with Crippen molar-refractivity contribution in [1.29, 1.82) is 0 Å². The standard InChI is InChI=1S/F2HO4P.Na.H/c1-5-7(3,4)6-2;;/h(H,3,4);;. The van der Waals surface area contributed by atoms with Crippen molar-refractivity contribution in [2.24, 2.45) is 0 Å². The molecule has 0 fully saturated rings. The zero-order valence-electron chi connectivity index (χ0n) is 2.88. The van der Waals surface area contributed by atoms with Crippen LogP contribution >= 0.6 is 7.82 Å². The quantitative estimate of drug-likeness (QED) is 0.461. The van der Waals surface area contributed by atoms with Crippen LogP contribution in [0.2, 0.25) is 0 Å². The number of hydrogen-bond donors (Lipinski definition) is 1. The van der Waals surface area contributed by atoms with Crippen LogP contribution in [0.25, 0.3) is 0 Å². The molecule has 0 aliphatic carbocycles. The third kappa shape index (κ3) is 5.11. The second-order valence-electron chi connectivity index (χ2n) is 0.607. The molecule has 0 radical (unpaired) electrons. The van der Waals surface area contributed by atoms with Gasteiger partial charge >= 0.3 is 37.4 Å². The molecule has 0 saturated heterocycles. The maximum atomic E-state index is 10.4. The molecule has 0 heterocycles. The summed E-state index contributed by atoms with van der Waals surface area (Å²) < 4.78 is 34.3. The molecule has 0 spiro atoms. The topological polar surface area (TPSA) is 55.8 Å². The fourth-order valence-electron chi connectivity index (χ4n) is 0.0106. The first-order valence-corrected chi connectivity index (χ1v) is 2.55. The predicted molar refractivity (Wildman–Crippen MR) is 21.4 cm³/mol. The molecule has 0 aliphatic rings. The number of hydrogen-bond acceptors (Lipinski definition) is 3. The number of rotatable bonds is 2. The Morgan fingerprint density at radius 3 is 1.62 bits per heavy atom. The van der Waals surface area contributed by atoms with Gasteiger partial charge in [0.1, 0.15) is 0 Å².